The Morgan fingerprint density at radius 1 is 1.33 bits per heavy atom. The number of hydrogen-bond acceptors (Lipinski definition) is 8. The maximum Gasteiger partial charge on any atom is 0.378 e. The monoisotopic (exact) mass is 300 g/mol. The van der Waals surface area contributed by atoms with Crippen LogP contribution < -0.4 is 0 Å². The van der Waals surface area contributed by atoms with Gasteiger partial charge in [0.1, 0.15) is 11.9 Å². The first-order valence-electron chi connectivity index (χ1n) is 6.60. The summed E-state index contributed by atoms with van der Waals surface area (Å²) >= 11 is 0. The van der Waals surface area contributed by atoms with Crippen LogP contribution in [0.15, 0.2) is 11.5 Å². The van der Waals surface area contributed by atoms with E-state index in [4.69, 9.17) is 9.84 Å². The van der Waals surface area contributed by atoms with Crippen LogP contribution in [-0.2, 0) is 23.9 Å². The third-order valence-electron chi connectivity index (χ3n) is 3.54. The lowest BCUT2D eigenvalue weighted by atomic mass is 9.88. The highest BCUT2D eigenvalue weighted by atomic mass is 16.6. The molecule has 0 aromatic carbocycles. The van der Waals surface area contributed by atoms with E-state index in [9.17, 15) is 24.6 Å². The molecule has 2 atom stereocenters. The second-order valence-electron chi connectivity index (χ2n) is 5.02. The molecule has 8 nitrogen and oxygen atoms in total. The summed E-state index contributed by atoms with van der Waals surface area (Å²) in [6.45, 7) is -0.732. The molecule has 1 saturated carbocycles. The summed E-state index contributed by atoms with van der Waals surface area (Å²) in [6, 6.07) is 0. The van der Waals surface area contributed by atoms with Gasteiger partial charge in [-0.1, -0.05) is 0 Å². The standard InChI is InChI=1S/C13H16O8/c14-5-8(16)10-11(9(17)13(19)20-10)21-12(18)6-1-3-7(15)4-2-6/h6,8,10,14,16-17H,1-5H2/t8-,10+/m0/s1. The molecule has 0 spiro atoms. The Balaban J connectivity index is 2.07. The quantitative estimate of drug-likeness (QED) is 0.583. The van der Waals surface area contributed by atoms with Gasteiger partial charge < -0.3 is 24.8 Å². The predicted octanol–water partition coefficient (Wildman–Crippen LogP) is -0.663. The van der Waals surface area contributed by atoms with Crippen LogP contribution in [0, 0.1) is 5.92 Å². The fourth-order valence-electron chi connectivity index (χ4n) is 2.28. The molecule has 2 aliphatic rings. The Morgan fingerprint density at radius 3 is 2.52 bits per heavy atom. The molecule has 0 aromatic heterocycles. The van der Waals surface area contributed by atoms with Gasteiger partial charge in [-0.15, -0.1) is 0 Å². The van der Waals surface area contributed by atoms with Crippen molar-refractivity contribution in [2.75, 3.05) is 6.61 Å². The van der Waals surface area contributed by atoms with Gasteiger partial charge >= 0.3 is 11.9 Å². The van der Waals surface area contributed by atoms with Crippen LogP contribution in [0.1, 0.15) is 25.7 Å². The number of ketones is 1. The molecule has 0 aromatic rings. The maximum absolute atomic E-state index is 12.0. The number of Topliss-reactive ketones (excluding diaryl/α,β-unsaturated/α-hetero) is 1. The van der Waals surface area contributed by atoms with Gasteiger partial charge in [-0.3, -0.25) is 9.59 Å². The van der Waals surface area contributed by atoms with Crippen LogP contribution in [0.2, 0.25) is 0 Å². The zero-order valence-corrected chi connectivity index (χ0v) is 11.2. The Hall–Kier alpha value is -1.93. The smallest absolute Gasteiger partial charge is 0.378 e. The number of carbonyl (C=O) groups excluding carboxylic acids is 3. The van der Waals surface area contributed by atoms with E-state index in [0.717, 1.165) is 0 Å². The largest absolute Gasteiger partial charge is 0.499 e. The van der Waals surface area contributed by atoms with E-state index < -0.39 is 48.2 Å². The average Bonchev–Trinajstić information content (AvgIpc) is 2.75. The summed E-state index contributed by atoms with van der Waals surface area (Å²) in [5.74, 6) is -3.65. The highest BCUT2D eigenvalue weighted by molar-refractivity contribution is 5.90. The minimum atomic E-state index is -1.51. The van der Waals surface area contributed by atoms with Gasteiger partial charge in [0, 0.05) is 12.8 Å². The Bertz CT molecular complexity index is 484. The van der Waals surface area contributed by atoms with Gasteiger partial charge in [0.2, 0.25) is 11.5 Å². The number of aliphatic hydroxyl groups excluding tert-OH is 3. The van der Waals surface area contributed by atoms with Gasteiger partial charge in [-0.25, -0.2) is 4.79 Å². The summed E-state index contributed by atoms with van der Waals surface area (Å²) in [4.78, 5) is 34.4. The molecule has 0 unspecified atom stereocenters. The summed E-state index contributed by atoms with van der Waals surface area (Å²) in [5, 5.41) is 27.9. The lowest BCUT2D eigenvalue weighted by Gasteiger charge is -2.22. The van der Waals surface area contributed by atoms with E-state index in [1.54, 1.807) is 0 Å². The van der Waals surface area contributed by atoms with Crippen molar-refractivity contribution >= 4 is 17.7 Å². The van der Waals surface area contributed by atoms with Crippen LogP contribution in [0.3, 0.4) is 0 Å². The van der Waals surface area contributed by atoms with E-state index in [1.165, 1.54) is 0 Å². The van der Waals surface area contributed by atoms with Gasteiger partial charge in [-0.05, 0) is 12.8 Å². The molecule has 0 amide bonds. The van der Waals surface area contributed by atoms with Crippen LogP contribution >= 0.6 is 0 Å². The number of carbonyl (C=O) groups is 3. The van der Waals surface area contributed by atoms with Gasteiger partial charge in [-0.2, -0.15) is 0 Å². The second-order valence-corrected chi connectivity index (χ2v) is 5.02. The van der Waals surface area contributed by atoms with Crippen molar-refractivity contribution in [3.05, 3.63) is 11.5 Å². The zero-order chi connectivity index (χ0) is 15.6. The Labute approximate surface area is 120 Å². The van der Waals surface area contributed by atoms with Crippen LogP contribution in [0.4, 0.5) is 0 Å². The molecule has 8 heteroatoms. The SMILES string of the molecule is O=C1CCC(C(=O)OC2=C(O)C(=O)O[C@@H]2[C@@H](O)CO)CC1. The summed E-state index contributed by atoms with van der Waals surface area (Å²) in [5.41, 5.74) is 0. The maximum atomic E-state index is 12.0. The summed E-state index contributed by atoms with van der Waals surface area (Å²) < 4.78 is 9.61. The lowest BCUT2D eigenvalue weighted by molar-refractivity contribution is -0.154. The van der Waals surface area contributed by atoms with E-state index in [1.807, 2.05) is 0 Å². The van der Waals surface area contributed by atoms with E-state index >= 15 is 0 Å². The molecule has 1 fully saturated rings. The molecule has 116 valence electrons. The minimum Gasteiger partial charge on any atom is -0.499 e. The van der Waals surface area contributed by atoms with E-state index in [-0.39, 0.29) is 18.6 Å². The number of aliphatic hydroxyl groups is 3. The van der Waals surface area contributed by atoms with Crippen LogP contribution in [-0.4, -0.2) is 51.9 Å². The van der Waals surface area contributed by atoms with Gasteiger partial charge in [0.05, 0.1) is 12.5 Å². The Morgan fingerprint density at radius 2 is 1.95 bits per heavy atom. The molecule has 1 aliphatic carbocycles. The zero-order valence-electron chi connectivity index (χ0n) is 11.2. The average molecular weight is 300 g/mol. The fourth-order valence-corrected chi connectivity index (χ4v) is 2.28. The fraction of sp³-hybridized carbons (Fsp3) is 0.615. The van der Waals surface area contributed by atoms with Crippen molar-refractivity contribution < 1.29 is 39.2 Å². The summed E-state index contributed by atoms with van der Waals surface area (Å²) in [7, 11) is 0. The van der Waals surface area contributed by atoms with E-state index in [2.05, 4.69) is 4.74 Å². The van der Waals surface area contributed by atoms with Crippen molar-refractivity contribution in [2.24, 2.45) is 5.92 Å². The Kier molecular flexibility index (Phi) is 4.59. The van der Waals surface area contributed by atoms with Crippen molar-refractivity contribution in [2.45, 2.75) is 37.9 Å². The number of esters is 2. The molecule has 0 saturated heterocycles. The number of rotatable bonds is 4. The topological polar surface area (TPSA) is 130 Å². The van der Waals surface area contributed by atoms with E-state index in [0.29, 0.717) is 12.8 Å². The molecule has 2 rings (SSSR count). The molecule has 21 heavy (non-hydrogen) atoms. The minimum absolute atomic E-state index is 0.0778. The third-order valence-corrected chi connectivity index (χ3v) is 3.54. The highest BCUT2D eigenvalue weighted by Crippen LogP contribution is 2.29. The van der Waals surface area contributed by atoms with Crippen molar-refractivity contribution in [3.8, 4) is 0 Å². The second kappa shape index (κ2) is 6.23. The van der Waals surface area contributed by atoms with Crippen molar-refractivity contribution in [1.82, 2.24) is 0 Å². The first-order valence-corrected chi connectivity index (χ1v) is 6.60. The van der Waals surface area contributed by atoms with Gasteiger partial charge in [0.15, 0.2) is 6.10 Å². The highest BCUT2D eigenvalue weighted by Gasteiger charge is 2.42. The van der Waals surface area contributed by atoms with Crippen LogP contribution in [0.5, 0.6) is 0 Å². The first kappa shape index (κ1) is 15.5. The number of ether oxygens (including phenoxy) is 2. The molecule has 1 heterocycles. The van der Waals surface area contributed by atoms with Crippen molar-refractivity contribution in [1.29, 1.82) is 0 Å². The molecular formula is C13H16O8. The van der Waals surface area contributed by atoms with Gasteiger partial charge in [0.25, 0.3) is 0 Å². The molecule has 3 N–H and O–H groups in total. The molecule has 0 bridgehead atoms. The van der Waals surface area contributed by atoms with Crippen molar-refractivity contribution in [3.63, 3.8) is 0 Å². The first-order chi connectivity index (χ1) is 9.93. The number of hydrogen-bond donors (Lipinski definition) is 3. The molecular weight excluding hydrogens is 284 g/mol. The third kappa shape index (κ3) is 3.22. The molecule has 0 radical (unpaired) electrons. The summed E-state index contributed by atoms with van der Waals surface area (Å²) in [6.07, 6.45) is -1.68. The lowest BCUT2D eigenvalue weighted by Crippen LogP contribution is -2.34. The van der Waals surface area contributed by atoms with Crippen LogP contribution in [0.25, 0.3) is 0 Å². The number of cyclic esters (lactones) is 1. The normalized spacial score (nSPS) is 25.0. The molecule has 1 aliphatic heterocycles. The predicted molar refractivity (Wildman–Crippen MR) is 65.7 cm³/mol.